The summed E-state index contributed by atoms with van der Waals surface area (Å²) in [5.74, 6) is 0. The van der Waals surface area contributed by atoms with E-state index in [-0.39, 0.29) is 26.1 Å². The van der Waals surface area contributed by atoms with Gasteiger partial charge in [-0.05, 0) is 19.4 Å². The van der Waals surface area contributed by atoms with Gasteiger partial charge >= 0.3 is 13.7 Å². The van der Waals surface area contributed by atoms with Crippen molar-refractivity contribution in [2.75, 3.05) is 19.5 Å². The number of amides is 1. The van der Waals surface area contributed by atoms with Gasteiger partial charge in [-0.2, -0.15) is 0 Å². The number of hydrogen-bond donors (Lipinski definition) is 1. The van der Waals surface area contributed by atoms with Crippen molar-refractivity contribution in [3.8, 4) is 0 Å². The van der Waals surface area contributed by atoms with E-state index in [2.05, 4.69) is 5.32 Å². The second-order valence-corrected chi connectivity index (χ2v) is 5.90. The molecule has 0 aliphatic rings. The van der Waals surface area contributed by atoms with E-state index >= 15 is 0 Å². The normalized spacial score (nSPS) is 11.1. The van der Waals surface area contributed by atoms with Gasteiger partial charge in [-0.1, -0.05) is 30.3 Å². The molecule has 20 heavy (non-hydrogen) atoms. The summed E-state index contributed by atoms with van der Waals surface area (Å²) in [5, 5.41) is 2.39. The molecule has 1 rings (SSSR count). The zero-order chi connectivity index (χ0) is 14.8. The third kappa shape index (κ3) is 6.19. The van der Waals surface area contributed by atoms with E-state index in [1.54, 1.807) is 13.8 Å². The SMILES string of the molecule is CCOP(=O)(CNC(=O)OCc1ccccc1)OCC. The van der Waals surface area contributed by atoms with E-state index < -0.39 is 13.7 Å². The first-order chi connectivity index (χ1) is 9.59. The van der Waals surface area contributed by atoms with Crippen LogP contribution < -0.4 is 5.32 Å². The Morgan fingerprint density at radius 3 is 2.30 bits per heavy atom. The number of ether oxygens (including phenoxy) is 1. The van der Waals surface area contributed by atoms with Crippen LogP contribution in [0.2, 0.25) is 0 Å². The molecular weight excluding hydrogens is 281 g/mol. The first-order valence-corrected chi connectivity index (χ1v) is 8.15. The third-order valence-corrected chi connectivity index (χ3v) is 4.13. The number of rotatable bonds is 8. The van der Waals surface area contributed by atoms with Crippen LogP contribution >= 0.6 is 7.60 Å². The van der Waals surface area contributed by atoms with Crippen LogP contribution in [-0.2, 0) is 25.0 Å². The van der Waals surface area contributed by atoms with E-state index in [0.29, 0.717) is 0 Å². The topological polar surface area (TPSA) is 73.9 Å². The Kier molecular flexibility index (Phi) is 7.30. The summed E-state index contributed by atoms with van der Waals surface area (Å²) in [4.78, 5) is 11.5. The molecule has 0 unspecified atom stereocenters. The highest BCUT2D eigenvalue weighted by atomic mass is 31.2. The molecule has 0 saturated heterocycles. The summed E-state index contributed by atoms with van der Waals surface area (Å²) in [6, 6.07) is 9.28. The monoisotopic (exact) mass is 301 g/mol. The molecule has 7 heteroatoms. The number of carbonyl (C=O) groups excluding carboxylic acids is 1. The Labute approximate surface area is 119 Å². The quantitative estimate of drug-likeness (QED) is 0.747. The van der Waals surface area contributed by atoms with Gasteiger partial charge in [-0.15, -0.1) is 0 Å². The molecule has 1 aromatic rings. The molecule has 1 amide bonds. The van der Waals surface area contributed by atoms with Crippen LogP contribution in [0.15, 0.2) is 30.3 Å². The van der Waals surface area contributed by atoms with Crippen molar-refractivity contribution < 1.29 is 23.1 Å². The highest BCUT2D eigenvalue weighted by Crippen LogP contribution is 2.46. The Morgan fingerprint density at radius 2 is 1.75 bits per heavy atom. The van der Waals surface area contributed by atoms with Gasteiger partial charge in [0.15, 0.2) is 0 Å². The molecular formula is C13H20NO5P. The molecule has 0 heterocycles. The second kappa shape index (κ2) is 8.74. The predicted octanol–water partition coefficient (Wildman–Crippen LogP) is 3.14. The van der Waals surface area contributed by atoms with E-state index in [1.165, 1.54) is 0 Å². The molecule has 0 saturated carbocycles. The second-order valence-electron chi connectivity index (χ2n) is 3.84. The lowest BCUT2D eigenvalue weighted by Gasteiger charge is -2.17. The lowest BCUT2D eigenvalue weighted by molar-refractivity contribution is 0.139. The minimum absolute atomic E-state index is 0.153. The molecule has 1 N–H and O–H groups in total. The number of benzene rings is 1. The van der Waals surface area contributed by atoms with Crippen molar-refractivity contribution in [2.24, 2.45) is 0 Å². The van der Waals surface area contributed by atoms with Crippen LogP contribution in [0.25, 0.3) is 0 Å². The van der Waals surface area contributed by atoms with Crippen LogP contribution in [0.3, 0.4) is 0 Å². The zero-order valence-electron chi connectivity index (χ0n) is 11.7. The van der Waals surface area contributed by atoms with E-state index in [9.17, 15) is 9.36 Å². The molecule has 0 fully saturated rings. The van der Waals surface area contributed by atoms with Gasteiger partial charge in [0.05, 0.1) is 13.2 Å². The maximum atomic E-state index is 12.1. The Bertz CT molecular complexity index is 441. The van der Waals surface area contributed by atoms with Crippen molar-refractivity contribution in [2.45, 2.75) is 20.5 Å². The molecule has 0 spiro atoms. The fraction of sp³-hybridized carbons (Fsp3) is 0.462. The summed E-state index contributed by atoms with van der Waals surface area (Å²) >= 11 is 0. The predicted molar refractivity (Wildman–Crippen MR) is 75.5 cm³/mol. The lowest BCUT2D eigenvalue weighted by atomic mass is 10.2. The lowest BCUT2D eigenvalue weighted by Crippen LogP contribution is -2.26. The molecule has 0 atom stereocenters. The molecule has 0 aliphatic heterocycles. The molecule has 0 bridgehead atoms. The molecule has 0 aromatic heterocycles. The van der Waals surface area contributed by atoms with E-state index in [4.69, 9.17) is 13.8 Å². The summed E-state index contributed by atoms with van der Waals surface area (Å²) in [5.41, 5.74) is 0.875. The Balaban J connectivity index is 2.36. The van der Waals surface area contributed by atoms with E-state index in [1.807, 2.05) is 30.3 Å². The zero-order valence-corrected chi connectivity index (χ0v) is 12.6. The van der Waals surface area contributed by atoms with Crippen LogP contribution in [-0.4, -0.2) is 25.6 Å². The highest BCUT2D eigenvalue weighted by Gasteiger charge is 2.24. The summed E-state index contributed by atoms with van der Waals surface area (Å²) in [6.45, 7) is 4.06. The maximum Gasteiger partial charge on any atom is 0.408 e. The molecule has 0 radical (unpaired) electrons. The van der Waals surface area contributed by atoms with Crippen molar-refractivity contribution in [3.63, 3.8) is 0 Å². The molecule has 112 valence electrons. The molecule has 1 aromatic carbocycles. The maximum absolute atomic E-state index is 12.1. The smallest absolute Gasteiger partial charge is 0.408 e. The van der Waals surface area contributed by atoms with Crippen LogP contribution in [0.1, 0.15) is 19.4 Å². The van der Waals surface area contributed by atoms with Crippen molar-refractivity contribution in [3.05, 3.63) is 35.9 Å². The number of carbonyl (C=O) groups is 1. The van der Waals surface area contributed by atoms with Gasteiger partial charge in [0, 0.05) is 0 Å². The highest BCUT2D eigenvalue weighted by molar-refractivity contribution is 7.53. The van der Waals surface area contributed by atoms with Gasteiger partial charge in [-0.3, -0.25) is 4.57 Å². The minimum Gasteiger partial charge on any atom is -0.445 e. The fourth-order valence-corrected chi connectivity index (χ4v) is 2.82. The first-order valence-electron chi connectivity index (χ1n) is 6.42. The Hall–Kier alpha value is -1.36. The van der Waals surface area contributed by atoms with Gasteiger partial charge in [0.1, 0.15) is 12.9 Å². The van der Waals surface area contributed by atoms with Gasteiger partial charge in [0.2, 0.25) is 0 Å². The summed E-state index contributed by atoms with van der Waals surface area (Å²) in [7, 11) is -3.28. The fourth-order valence-electron chi connectivity index (χ4n) is 1.46. The van der Waals surface area contributed by atoms with Gasteiger partial charge in [0.25, 0.3) is 0 Å². The first kappa shape index (κ1) is 16.7. The largest absolute Gasteiger partial charge is 0.445 e. The van der Waals surface area contributed by atoms with Crippen LogP contribution in [0.5, 0.6) is 0 Å². The average Bonchev–Trinajstić information content (AvgIpc) is 2.45. The number of nitrogens with one attached hydrogen (secondary N) is 1. The molecule has 0 aliphatic carbocycles. The van der Waals surface area contributed by atoms with Gasteiger partial charge < -0.3 is 19.1 Å². The van der Waals surface area contributed by atoms with Crippen molar-refractivity contribution >= 4 is 13.7 Å². The van der Waals surface area contributed by atoms with Gasteiger partial charge in [-0.25, -0.2) is 4.79 Å². The van der Waals surface area contributed by atoms with E-state index in [0.717, 1.165) is 5.56 Å². The Morgan fingerprint density at radius 1 is 1.15 bits per heavy atom. The minimum atomic E-state index is -3.28. The van der Waals surface area contributed by atoms with Crippen molar-refractivity contribution in [1.29, 1.82) is 0 Å². The summed E-state index contributed by atoms with van der Waals surface area (Å²) < 4.78 is 27.2. The standard InChI is InChI=1S/C13H20NO5P/c1-3-18-20(16,19-4-2)11-14-13(15)17-10-12-8-6-5-7-9-12/h5-9H,3-4,10-11H2,1-2H3,(H,14,15). The average molecular weight is 301 g/mol. The van der Waals surface area contributed by atoms with Crippen LogP contribution in [0.4, 0.5) is 4.79 Å². The summed E-state index contributed by atoms with van der Waals surface area (Å²) in [6.07, 6.45) is -0.865. The molecule has 6 nitrogen and oxygen atoms in total. The van der Waals surface area contributed by atoms with Crippen LogP contribution in [0, 0.1) is 0 Å². The third-order valence-electron chi connectivity index (χ3n) is 2.28. The van der Waals surface area contributed by atoms with Crippen molar-refractivity contribution in [1.82, 2.24) is 5.32 Å². The number of alkyl carbamates (subject to hydrolysis) is 1. The number of hydrogen-bond acceptors (Lipinski definition) is 5.